The Morgan fingerprint density at radius 1 is 1.38 bits per heavy atom. The number of carbonyl (C=O) groups excluding carboxylic acids is 1. The highest BCUT2D eigenvalue weighted by Crippen LogP contribution is 2.12. The molecule has 0 aliphatic carbocycles. The topological polar surface area (TPSA) is 61.5 Å². The van der Waals surface area contributed by atoms with Crippen molar-refractivity contribution >= 4 is 5.97 Å². The van der Waals surface area contributed by atoms with Crippen molar-refractivity contribution in [3.05, 3.63) is 0 Å². The van der Waals surface area contributed by atoms with Crippen molar-refractivity contribution in [2.24, 2.45) is 5.73 Å². The smallest absolute Gasteiger partial charge is 0.325 e. The number of methoxy groups -OCH3 is 1. The van der Waals surface area contributed by atoms with E-state index in [4.69, 9.17) is 10.5 Å². The van der Waals surface area contributed by atoms with Gasteiger partial charge in [0.1, 0.15) is 6.04 Å². The van der Waals surface area contributed by atoms with Gasteiger partial charge in [0, 0.05) is 0 Å². The number of hydrogen-bond acceptors (Lipinski definition) is 4. The molecule has 13 heavy (non-hydrogen) atoms. The fraction of sp³-hybridized carbons (Fsp3) is 0.889. The SMILES string of the molecule is COC(=O)[C@@H](N)[C@H](C)OC(C)(C)C. The van der Waals surface area contributed by atoms with Crippen LogP contribution in [0.2, 0.25) is 0 Å². The normalized spacial score (nSPS) is 16.5. The lowest BCUT2D eigenvalue weighted by molar-refractivity contribution is -0.149. The summed E-state index contributed by atoms with van der Waals surface area (Å²) in [6.45, 7) is 7.49. The molecule has 0 amide bonds. The van der Waals surface area contributed by atoms with Gasteiger partial charge in [0.2, 0.25) is 0 Å². The van der Waals surface area contributed by atoms with Gasteiger partial charge in [-0.3, -0.25) is 4.79 Å². The molecule has 0 rings (SSSR count). The van der Waals surface area contributed by atoms with Crippen LogP contribution in [0.15, 0.2) is 0 Å². The molecular weight excluding hydrogens is 170 g/mol. The van der Waals surface area contributed by atoms with Crippen molar-refractivity contribution in [1.29, 1.82) is 0 Å². The van der Waals surface area contributed by atoms with Crippen molar-refractivity contribution in [2.45, 2.75) is 45.4 Å². The Balaban J connectivity index is 4.11. The molecule has 0 aromatic carbocycles. The highest BCUT2D eigenvalue weighted by molar-refractivity contribution is 5.75. The van der Waals surface area contributed by atoms with Gasteiger partial charge in [-0.2, -0.15) is 0 Å². The maximum absolute atomic E-state index is 11.0. The second kappa shape index (κ2) is 4.58. The monoisotopic (exact) mass is 189 g/mol. The summed E-state index contributed by atoms with van der Waals surface area (Å²) in [5.74, 6) is -0.447. The average molecular weight is 189 g/mol. The predicted molar refractivity (Wildman–Crippen MR) is 50.3 cm³/mol. The van der Waals surface area contributed by atoms with Gasteiger partial charge in [0.05, 0.1) is 18.8 Å². The van der Waals surface area contributed by atoms with Gasteiger partial charge in [0.15, 0.2) is 0 Å². The van der Waals surface area contributed by atoms with Crippen molar-refractivity contribution in [3.8, 4) is 0 Å². The summed E-state index contributed by atoms with van der Waals surface area (Å²) in [4.78, 5) is 11.0. The highest BCUT2D eigenvalue weighted by atomic mass is 16.5. The Labute approximate surface area is 79.4 Å². The molecule has 0 aliphatic heterocycles. The summed E-state index contributed by atoms with van der Waals surface area (Å²) in [5, 5.41) is 0. The number of nitrogens with two attached hydrogens (primary N) is 1. The molecule has 0 radical (unpaired) electrons. The zero-order valence-electron chi connectivity index (χ0n) is 8.96. The van der Waals surface area contributed by atoms with Crippen LogP contribution in [0.5, 0.6) is 0 Å². The largest absolute Gasteiger partial charge is 0.468 e. The van der Waals surface area contributed by atoms with Crippen LogP contribution in [-0.2, 0) is 14.3 Å². The van der Waals surface area contributed by atoms with Gasteiger partial charge in [-0.1, -0.05) is 0 Å². The first-order valence-corrected chi connectivity index (χ1v) is 4.29. The first-order chi connectivity index (χ1) is 5.78. The molecule has 0 bridgehead atoms. The van der Waals surface area contributed by atoms with Gasteiger partial charge >= 0.3 is 5.97 Å². The second-order valence-electron chi connectivity index (χ2n) is 3.98. The molecule has 0 spiro atoms. The highest BCUT2D eigenvalue weighted by Gasteiger charge is 2.26. The summed E-state index contributed by atoms with van der Waals surface area (Å²) in [5.41, 5.74) is 5.28. The van der Waals surface area contributed by atoms with Crippen LogP contribution < -0.4 is 5.73 Å². The van der Waals surface area contributed by atoms with Crippen molar-refractivity contribution < 1.29 is 14.3 Å². The summed E-state index contributed by atoms with van der Waals surface area (Å²) < 4.78 is 10.0. The standard InChI is InChI=1S/C9H19NO3/c1-6(13-9(2,3)4)7(10)8(11)12-5/h6-7H,10H2,1-5H3/t6-,7-/m0/s1. The van der Waals surface area contributed by atoms with E-state index >= 15 is 0 Å². The third-order valence-electron chi connectivity index (χ3n) is 1.52. The van der Waals surface area contributed by atoms with E-state index in [-0.39, 0.29) is 11.7 Å². The minimum absolute atomic E-state index is 0.301. The molecule has 4 heteroatoms. The lowest BCUT2D eigenvalue weighted by atomic mass is 10.1. The molecule has 2 atom stereocenters. The predicted octanol–water partition coefficient (Wildman–Crippen LogP) is 0.690. The number of ether oxygens (including phenoxy) is 2. The minimum atomic E-state index is -0.718. The summed E-state index contributed by atoms with van der Waals surface area (Å²) in [6, 6.07) is -0.718. The Kier molecular flexibility index (Phi) is 4.36. The van der Waals surface area contributed by atoms with Gasteiger partial charge < -0.3 is 15.2 Å². The third kappa shape index (κ3) is 4.85. The van der Waals surface area contributed by atoms with E-state index in [1.807, 2.05) is 20.8 Å². The van der Waals surface area contributed by atoms with E-state index in [2.05, 4.69) is 4.74 Å². The van der Waals surface area contributed by atoms with Crippen LogP contribution in [0.3, 0.4) is 0 Å². The fourth-order valence-electron chi connectivity index (χ4n) is 0.959. The molecular formula is C9H19NO3. The van der Waals surface area contributed by atoms with Crippen molar-refractivity contribution in [1.82, 2.24) is 0 Å². The first kappa shape index (κ1) is 12.4. The summed E-state index contributed by atoms with van der Waals surface area (Å²) in [7, 11) is 1.31. The zero-order chi connectivity index (χ0) is 10.6. The molecule has 0 aromatic rings. The van der Waals surface area contributed by atoms with E-state index in [1.54, 1.807) is 6.92 Å². The molecule has 0 aliphatic rings. The maximum atomic E-state index is 11.0. The summed E-state index contributed by atoms with van der Waals surface area (Å²) >= 11 is 0. The van der Waals surface area contributed by atoms with Crippen LogP contribution in [0, 0.1) is 0 Å². The van der Waals surface area contributed by atoms with E-state index in [0.717, 1.165) is 0 Å². The van der Waals surface area contributed by atoms with E-state index < -0.39 is 12.0 Å². The first-order valence-electron chi connectivity index (χ1n) is 4.29. The molecule has 0 saturated heterocycles. The number of esters is 1. The van der Waals surface area contributed by atoms with Crippen LogP contribution in [0.1, 0.15) is 27.7 Å². The Bertz CT molecular complexity index is 174. The molecule has 78 valence electrons. The molecule has 0 aromatic heterocycles. The quantitative estimate of drug-likeness (QED) is 0.663. The molecule has 0 saturated carbocycles. The van der Waals surface area contributed by atoms with Crippen LogP contribution in [-0.4, -0.2) is 30.8 Å². The molecule has 4 nitrogen and oxygen atoms in total. The van der Waals surface area contributed by atoms with Crippen molar-refractivity contribution in [2.75, 3.05) is 7.11 Å². The summed E-state index contributed by atoms with van der Waals surface area (Å²) in [6.07, 6.45) is -0.340. The van der Waals surface area contributed by atoms with Crippen LogP contribution in [0.25, 0.3) is 0 Å². The number of hydrogen-bond donors (Lipinski definition) is 1. The zero-order valence-corrected chi connectivity index (χ0v) is 8.96. The number of rotatable bonds is 3. The minimum Gasteiger partial charge on any atom is -0.468 e. The molecule has 0 unspecified atom stereocenters. The molecule has 0 heterocycles. The van der Waals surface area contributed by atoms with Crippen LogP contribution >= 0.6 is 0 Å². The molecule has 0 fully saturated rings. The lowest BCUT2D eigenvalue weighted by Gasteiger charge is -2.27. The lowest BCUT2D eigenvalue weighted by Crippen LogP contribution is -2.45. The third-order valence-corrected chi connectivity index (χ3v) is 1.52. The Morgan fingerprint density at radius 2 is 1.85 bits per heavy atom. The number of carbonyl (C=O) groups is 1. The molecule has 2 N–H and O–H groups in total. The van der Waals surface area contributed by atoms with Crippen molar-refractivity contribution in [3.63, 3.8) is 0 Å². The second-order valence-corrected chi connectivity index (χ2v) is 3.98. The van der Waals surface area contributed by atoms with Gasteiger partial charge in [-0.25, -0.2) is 0 Å². The van der Waals surface area contributed by atoms with Crippen LogP contribution in [0.4, 0.5) is 0 Å². The van der Waals surface area contributed by atoms with E-state index in [0.29, 0.717) is 0 Å². The van der Waals surface area contributed by atoms with E-state index in [9.17, 15) is 4.79 Å². The van der Waals surface area contributed by atoms with Gasteiger partial charge in [-0.15, -0.1) is 0 Å². The Morgan fingerprint density at radius 3 is 2.15 bits per heavy atom. The van der Waals surface area contributed by atoms with E-state index in [1.165, 1.54) is 7.11 Å². The van der Waals surface area contributed by atoms with Gasteiger partial charge in [0.25, 0.3) is 0 Å². The fourth-order valence-corrected chi connectivity index (χ4v) is 0.959. The average Bonchev–Trinajstić information content (AvgIpc) is 1.98. The van der Waals surface area contributed by atoms with Gasteiger partial charge in [-0.05, 0) is 27.7 Å². The Hall–Kier alpha value is -0.610. The maximum Gasteiger partial charge on any atom is 0.325 e.